The summed E-state index contributed by atoms with van der Waals surface area (Å²) < 4.78 is 28.7. The van der Waals surface area contributed by atoms with Gasteiger partial charge in [0.1, 0.15) is 5.75 Å². The zero-order chi connectivity index (χ0) is 13.1. The van der Waals surface area contributed by atoms with Gasteiger partial charge >= 0.3 is 6.61 Å². The van der Waals surface area contributed by atoms with Crippen molar-refractivity contribution < 1.29 is 18.3 Å². The van der Waals surface area contributed by atoms with Crippen molar-refractivity contribution in [3.8, 4) is 5.75 Å². The third-order valence-electron chi connectivity index (χ3n) is 2.09. The Morgan fingerprint density at radius 1 is 1.29 bits per heavy atom. The molecule has 2 nitrogen and oxygen atoms in total. The molecule has 0 N–H and O–H groups in total. The Bertz CT molecular complexity index is 395. The minimum atomic E-state index is -2.92. The van der Waals surface area contributed by atoms with Crippen molar-refractivity contribution in [3.63, 3.8) is 0 Å². The first-order chi connectivity index (χ1) is 7.79. The molecule has 0 aliphatic carbocycles. The maximum Gasteiger partial charge on any atom is 0.387 e. The Morgan fingerprint density at radius 3 is 2.41 bits per heavy atom. The topological polar surface area (TPSA) is 26.3 Å². The molecule has 0 saturated carbocycles. The fourth-order valence-corrected chi connectivity index (χ4v) is 1.47. The van der Waals surface area contributed by atoms with Crippen LogP contribution in [0.4, 0.5) is 8.78 Å². The number of ether oxygens (including phenoxy) is 1. The highest BCUT2D eigenvalue weighted by Gasteiger charge is 2.21. The smallest absolute Gasteiger partial charge is 0.387 e. The van der Waals surface area contributed by atoms with E-state index in [1.165, 1.54) is 12.1 Å². The van der Waals surface area contributed by atoms with Crippen molar-refractivity contribution in [1.82, 2.24) is 0 Å². The number of carbonyl (C=O) groups is 1. The zero-order valence-corrected chi connectivity index (χ0v) is 10.2. The molecule has 0 saturated heterocycles. The standard InChI is InChI=1S/C13H16F2O2/c1-13(2,3)8-10(16)9-6-4-5-7-11(9)17-12(14)15/h4-7,12H,8H2,1-3H3. The molecule has 4 heteroatoms. The van der Waals surface area contributed by atoms with Crippen LogP contribution in [0.1, 0.15) is 37.6 Å². The van der Waals surface area contributed by atoms with Gasteiger partial charge in [-0.3, -0.25) is 4.79 Å². The lowest BCUT2D eigenvalue weighted by atomic mass is 9.87. The monoisotopic (exact) mass is 242 g/mol. The van der Waals surface area contributed by atoms with E-state index in [-0.39, 0.29) is 28.9 Å². The van der Waals surface area contributed by atoms with Gasteiger partial charge in [0.15, 0.2) is 5.78 Å². The van der Waals surface area contributed by atoms with Crippen LogP contribution in [-0.4, -0.2) is 12.4 Å². The minimum absolute atomic E-state index is 0.0586. The largest absolute Gasteiger partial charge is 0.434 e. The lowest BCUT2D eigenvalue weighted by Crippen LogP contribution is -2.15. The Hall–Kier alpha value is -1.45. The normalized spacial score (nSPS) is 11.6. The fraction of sp³-hybridized carbons (Fsp3) is 0.462. The number of para-hydroxylation sites is 1. The molecule has 0 bridgehead atoms. The molecule has 0 amide bonds. The zero-order valence-electron chi connectivity index (χ0n) is 10.2. The molecule has 0 heterocycles. The summed E-state index contributed by atoms with van der Waals surface area (Å²) in [7, 11) is 0. The van der Waals surface area contributed by atoms with Crippen molar-refractivity contribution in [2.45, 2.75) is 33.8 Å². The van der Waals surface area contributed by atoms with Gasteiger partial charge in [0.05, 0.1) is 5.56 Å². The number of rotatable bonds is 4. The summed E-state index contributed by atoms with van der Waals surface area (Å²) in [5.41, 5.74) is 0.0254. The third kappa shape index (κ3) is 4.51. The van der Waals surface area contributed by atoms with Gasteiger partial charge in [0, 0.05) is 6.42 Å². The van der Waals surface area contributed by atoms with Crippen LogP contribution < -0.4 is 4.74 Å². The number of ketones is 1. The highest BCUT2D eigenvalue weighted by atomic mass is 19.3. The van der Waals surface area contributed by atoms with E-state index in [1.54, 1.807) is 12.1 Å². The van der Waals surface area contributed by atoms with E-state index in [0.29, 0.717) is 0 Å². The van der Waals surface area contributed by atoms with Crippen LogP contribution in [0.2, 0.25) is 0 Å². The van der Waals surface area contributed by atoms with E-state index in [9.17, 15) is 13.6 Å². The molecule has 0 aliphatic heterocycles. The second-order valence-electron chi connectivity index (χ2n) is 5.04. The molecular weight excluding hydrogens is 226 g/mol. The molecular formula is C13H16F2O2. The SMILES string of the molecule is CC(C)(C)CC(=O)c1ccccc1OC(F)F. The summed E-state index contributed by atoms with van der Waals surface area (Å²) in [4.78, 5) is 11.9. The third-order valence-corrected chi connectivity index (χ3v) is 2.09. The van der Waals surface area contributed by atoms with E-state index in [0.717, 1.165) is 0 Å². The number of carbonyl (C=O) groups excluding carboxylic acids is 1. The number of hydrogen-bond acceptors (Lipinski definition) is 2. The molecule has 0 radical (unpaired) electrons. The first-order valence-electron chi connectivity index (χ1n) is 5.36. The molecule has 0 unspecified atom stereocenters. The quantitative estimate of drug-likeness (QED) is 0.748. The Balaban J connectivity index is 2.93. The molecule has 17 heavy (non-hydrogen) atoms. The van der Waals surface area contributed by atoms with E-state index < -0.39 is 6.61 Å². The predicted octanol–water partition coefficient (Wildman–Crippen LogP) is 3.91. The number of hydrogen-bond donors (Lipinski definition) is 0. The molecule has 0 spiro atoms. The first-order valence-corrected chi connectivity index (χ1v) is 5.36. The number of halogens is 2. The summed E-state index contributed by atoms with van der Waals surface area (Å²) in [6.07, 6.45) is 0.288. The average molecular weight is 242 g/mol. The summed E-state index contributed by atoms with van der Waals surface area (Å²) in [5.74, 6) is -0.245. The molecule has 0 aliphatic rings. The highest BCUT2D eigenvalue weighted by Crippen LogP contribution is 2.26. The second-order valence-corrected chi connectivity index (χ2v) is 5.04. The summed E-state index contributed by atoms with van der Waals surface area (Å²) in [6.45, 7) is 2.84. The number of alkyl halides is 2. The van der Waals surface area contributed by atoms with Gasteiger partial charge in [0.2, 0.25) is 0 Å². The lowest BCUT2D eigenvalue weighted by molar-refractivity contribution is -0.0501. The van der Waals surface area contributed by atoms with Gasteiger partial charge in [-0.05, 0) is 17.5 Å². The first kappa shape index (κ1) is 13.6. The maximum absolute atomic E-state index is 12.2. The lowest BCUT2D eigenvalue weighted by Gasteiger charge is -2.18. The van der Waals surface area contributed by atoms with Gasteiger partial charge in [-0.1, -0.05) is 32.9 Å². The van der Waals surface area contributed by atoms with Gasteiger partial charge in [-0.15, -0.1) is 0 Å². The van der Waals surface area contributed by atoms with E-state index in [2.05, 4.69) is 4.74 Å². The number of benzene rings is 1. The predicted molar refractivity (Wildman–Crippen MR) is 61.5 cm³/mol. The van der Waals surface area contributed by atoms with Crippen LogP contribution in [0.5, 0.6) is 5.75 Å². The summed E-state index contributed by atoms with van der Waals surface area (Å²) in [6, 6.07) is 6.08. The Labute approximate surface area is 99.6 Å². The Morgan fingerprint density at radius 2 is 1.88 bits per heavy atom. The Kier molecular flexibility index (Phi) is 4.21. The van der Waals surface area contributed by atoms with Crippen LogP contribution in [0.3, 0.4) is 0 Å². The van der Waals surface area contributed by atoms with Gasteiger partial charge < -0.3 is 4.74 Å². The van der Waals surface area contributed by atoms with Crippen LogP contribution >= 0.6 is 0 Å². The highest BCUT2D eigenvalue weighted by molar-refractivity contribution is 5.98. The van der Waals surface area contributed by atoms with Crippen molar-refractivity contribution >= 4 is 5.78 Å². The second kappa shape index (κ2) is 5.25. The molecule has 0 atom stereocenters. The molecule has 0 aromatic heterocycles. The van der Waals surface area contributed by atoms with Crippen LogP contribution in [0, 0.1) is 5.41 Å². The van der Waals surface area contributed by atoms with Crippen LogP contribution in [-0.2, 0) is 0 Å². The van der Waals surface area contributed by atoms with Gasteiger partial charge in [-0.2, -0.15) is 8.78 Å². The summed E-state index contributed by atoms with van der Waals surface area (Å²) >= 11 is 0. The molecule has 1 aromatic carbocycles. The molecule has 94 valence electrons. The van der Waals surface area contributed by atoms with Crippen LogP contribution in [0.25, 0.3) is 0 Å². The van der Waals surface area contributed by atoms with E-state index >= 15 is 0 Å². The van der Waals surface area contributed by atoms with Crippen molar-refractivity contribution in [1.29, 1.82) is 0 Å². The minimum Gasteiger partial charge on any atom is -0.434 e. The molecule has 1 rings (SSSR count). The summed E-state index contributed by atoms with van der Waals surface area (Å²) in [5, 5.41) is 0. The van der Waals surface area contributed by atoms with Crippen molar-refractivity contribution in [2.24, 2.45) is 5.41 Å². The average Bonchev–Trinajstić information content (AvgIpc) is 2.14. The van der Waals surface area contributed by atoms with Crippen LogP contribution in [0.15, 0.2) is 24.3 Å². The van der Waals surface area contributed by atoms with Crippen molar-refractivity contribution in [2.75, 3.05) is 0 Å². The fourth-order valence-electron chi connectivity index (χ4n) is 1.47. The van der Waals surface area contributed by atoms with Gasteiger partial charge in [0.25, 0.3) is 0 Å². The number of Topliss-reactive ketones (excluding diaryl/α,β-unsaturated/α-hetero) is 1. The molecule has 1 aromatic rings. The molecule has 0 fully saturated rings. The van der Waals surface area contributed by atoms with E-state index in [4.69, 9.17) is 0 Å². The van der Waals surface area contributed by atoms with Gasteiger partial charge in [-0.25, -0.2) is 0 Å². The maximum atomic E-state index is 12.2. The van der Waals surface area contributed by atoms with Crippen molar-refractivity contribution in [3.05, 3.63) is 29.8 Å². The van der Waals surface area contributed by atoms with E-state index in [1.807, 2.05) is 20.8 Å².